The molecule has 0 aromatic carbocycles. The third-order valence-corrected chi connectivity index (χ3v) is 3.50. The Kier molecular flexibility index (Phi) is 4.80. The number of hydrogen-bond donors (Lipinski definition) is 0. The summed E-state index contributed by atoms with van der Waals surface area (Å²) in [6.45, 7) is 6.94. The summed E-state index contributed by atoms with van der Waals surface area (Å²) in [5.41, 5.74) is 2.22. The molecule has 1 aromatic heterocycles. The second kappa shape index (κ2) is 5.66. The lowest BCUT2D eigenvalue weighted by Crippen LogP contribution is -2.09. The van der Waals surface area contributed by atoms with Gasteiger partial charge in [-0.1, -0.05) is 13.8 Å². The van der Waals surface area contributed by atoms with Crippen LogP contribution in [0.2, 0.25) is 0 Å². The predicted octanol–water partition coefficient (Wildman–Crippen LogP) is 3.06. The molecule has 1 atom stereocenters. The normalized spacial score (nSPS) is 13.1. The number of aromatic nitrogens is 2. The van der Waals surface area contributed by atoms with E-state index in [2.05, 4.69) is 41.8 Å². The van der Waals surface area contributed by atoms with Crippen LogP contribution in [0.4, 0.5) is 0 Å². The van der Waals surface area contributed by atoms with Crippen molar-refractivity contribution in [2.24, 2.45) is 7.05 Å². The van der Waals surface area contributed by atoms with Crippen molar-refractivity contribution in [1.29, 1.82) is 0 Å². The van der Waals surface area contributed by atoms with Crippen molar-refractivity contribution in [1.82, 2.24) is 9.78 Å². The molecule has 0 aliphatic heterocycles. The quantitative estimate of drug-likeness (QED) is 0.825. The van der Waals surface area contributed by atoms with E-state index in [-0.39, 0.29) is 0 Å². The van der Waals surface area contributed by atoms with E-state index in [9.17, 15) is 0 Å². The third-order valence-electron chi connectivity index (χ3n) is 2.58. The number of aryl methyl sites for hydroxylation is 2. The summed E-state index contributed by atoms with van der Waals surface area (Å²) < 4.78 is 8.69. The Bertz CT molecular complexity index is 323. The first-order chi connectivity index (χ1) is 7.10. The summed E-state index contributed by atoms with van der Waals surface area (Å²) in [5, 5.41) is 4.42. The molecule has 0 saturated carbocycles. The Labute approximate surface area is 99.9 Å². The SMILES string of the molecule is CCc1nn(C)c(COC(C)CC)c1Br. The minimum atomic E-state index is 0.303. The highest BCUT2D eigenvalue weighted by Crippen LogP contribution is 2.22. The van der Waals surface area contributed by atoms with Gasteiger partial charge in [0.2, 0.25) is 0 Å². The molecule has 15 heavy (non-hydrogen) atoms. The zero-order valence-corrected chi connectivity index (χ0v) is 11.5. The largest absolute Gasteiger partial charge is 0.372 e. The lowest BCUT2D eigenvalue weighted by atomic mass is 10.3. The summed E-state index contributed by atoms with van der Waals surface area (Å²) >= 11 is 3.57. The Balaban J connectivity index is 2.72. The molecule has 1 aromatic rings. The van der Waals surface area contributed by atoms with Gasteiger partial charge in [-0.3, -0.25) is 4.68 Å². The Morgan fingerprint density at radius 1 is 1.47 bits per heavy atom. The average molecular weight is 275 g/mol. The molecule has 0 radical (unpaired) electrons. The highest BCUT2D eigenvalue weighted by Gasteiger charge is 2.13. The van der Waals surface area contributed by atoms with Gasteiger partial charge in [0, 0.05) is 7.05 Å². The van der Waals surface area contributed by atoms with Crippen molar-refractivity contribution in [2.45, 2.75) is 46.3 Å². The lowest BCUT2D eigenvalue weighted by Gasteiger charge is -2.10. The molecule has 0 aliphatic rings. The monoisotopic (exact) mass is 274 g/mol. The summed E-state index contributed by atoms with van der Waals surface area (Å²) in [4.78, 5) is 0. The summed E-state index contributed by atoms with van der Waals surface area (Å²) in [6.07, 6.45) is 2.28. The highest BCUT2D eigenvalue weighted by molar-refractivity contribution is 9.10. The van der Waals surface area contributed by atoms with Crippen LogP contribution in [0.3, 0.4) is 0 Å². The van der Waals surface area contributed by atoms with Crippen LogP contribution >= 0.6 is 15.9 Å². The Morgan fingerprint density at radius 2 is 2.13 bits per heavy atom. The topological polar surface area (TPSA) is 27.1 Å². The van der Waals surface area contributed by atoms with Gasteiger partial charge in [-0.2, -0.15) is 5.10 Å². The molecule has 0 aliphatic carbocycles. The molecule has 1 heterocycles. The van der Waals surface area contributed by atoms with Gasteiger partial charge in [-0.05, 0) is 35.7 Å². The maximum absolute atomic E-state index is 5.71. The number of nitrogens with zero attached hydrogens (tertiary/aromatic N) is 2. The standard InChI is InChI=1S/C11H19BrN2O/c1-5-8(3)15-7-10-11(12)9(6-2)13-14(10)4/h8H,5-7H2,1-4H3. The zero-order valence-electron chi connectivity index (χ0n) is 9.88. The van der Waals surface area contributed by atoms with E-state index in [4.69, 9.17) is 4.74 Å². The van der Waals surface area contributed by atoms with E-state index in [1.165, 1.54) is 0 Å². The van der Waals surface area contributed by atoms with Gasteiger partial charge in [0.1, 0.15) is 0 Å². The number of ether oxygens (including phenoxy) is 1. The molecule has 4 heteroatoms. The van der Waals surface area contributed by atoms with Crippen LogP contribution in [0, 0.1) is 0 Å². The fourth-order valence-electron chi connectivity index (χ4n) is 1.32. The molecule has 0 amide bonds. The van der Waals surface area contributed by atoms with Crippen LogP contribution in [0.25, 0.3) is 0 Å². The van der Waals surface area contributed by atoms with Crippen LogP contribution in [0.1, 0.15) is 38.6 Å². The summed E-state index contributed by atoms with van der Waals surface area (Å²) in [7, 11) is 1.96. The minimum Gasteiger partial charge on any atom is -0.372 e. The van der Waals surface area contributed by atoms with Gasteiger partial charge in [0.25, 0.3) is 0 Å². The molecule has 1 rings (SSSR count). The van der Waals surface area contributed by atoms with Crippen molar-refractivity contribution < 1.29 is 4.74 Å². The van der Waals surface area contributed by atoms with Crippen molar-refractivity contribution in [3.8, 4) is 0 Å². The third kappa shape index (κ3) is 3.05. The van der Waals surface area contributed by atoms with E-state index in [0.717, 1.165) is 28.7 Å². The molecule has 0 bridgehead atoms. The second-order valence-corrected chi connectivity index (χ2v) is 4.51. The molecule has 1 unspecified atom stereocenters. The van der Waals surface area contributed by atoms with Crippen molar-refractivity contribution >= 4 is 15.9 Å². The van der Waals surface area contributed by atoms with Crippen LogP contribution < -0.4 is 0 Å². The van der Waals surface area contributed by atoms with Gasteiger partial charge < -0.3 is 4.74 Å². The fourth-order valence-corrected chi connectivity index (χ4v) is 2.05. The van der Waals surface area contributed by atoms with Gasteiger partial charge in [-0.25, -0.2) is 0 Å². The van der Waals surface area contributed by atoms with E-state index in [1.807, 2.05) is 11.7 Å². The summed E-state index contributed by atoms with van der Waals surface area (Å²) in [6, 6.07) is 0. The molecule has 0 saturated heterocycles. The molecule has 3 nitrogen and oxygen atoms in total. The predicted molar refractivity (Wildman–Crippen MR) is 64.8 cm³/mol. The van der Waals surface area contributed by atoms with Crippen LogP contribution in [-0.2, 0) is 24.8 Å². The van der Waals surface area contributed by atoms with Gasteiger partial charge in [0.15, 0.2) is 0 Å². The van der Waals surface area contributed by atoms with Crippen molar-refractivity contribution in [3.05, 3.63) is 15.9 Å². The highest BCUT2D eigenvalue weighted by atomic mass is 79.9. The first-order valence-electron chi connectivity index (χ1n) is 5.41. The number of hydrogen-bond acceptors (Lipinski definition) is 2. The number of halogens is 1. The van der Waals surface area contributed by atoms with Gasteiger partial charge >= 0.3 is 0 Å². The summed E-state index contributed by atoms with van der Waals surface area (Å²) in [5.74, 6) is 0. The maximum atomic E-state index is 5.71. The maximum Gasteiger partial charge on any atom is 0.0899 e. The molecule has 0 fully saturated rings. The number of rotatable bonds is 5. The minimum absolute atomic E-state index is 0.303. The average Bonchev–Trinajstić information content (AvgIpc) is 2.51. The second-order valence-electron chi connectivity index (χ2n) is 3.71. The van der Waals surface area contributed by atoms with Gasteiger partial charge in [-0.15, -0.1) is 0 Å². The van der Waals surface area contributed by atoms with Gasteiger partial charge in [0.05, 0.1) is 28.6 Å². The van der Waals surface area contributed by atoms with E-state index in [0.29, 0.717) is 12.7 Å². The van der Waals surface area contributed by atoms with E-state index >= 15 is 0 Å². The van der Waals surface area contributed by atoms with Crippen LogP contribution in [0.15, 0.2) is 4.47 Å². The Morgan fingerprint density at radius 3 is 2.60 bits per heavy atom. The molecule has 0 spiro atoms. The fraction of sp³-hybridized carbons (Fsp3) is 0.727. The zero-order chi connectivity index (χ0) is 11.4. The molecular formula is C11H19BrN2O. The van der Waals surface area contributed by atoms with Crippen LogP contribution in [0.5, 0.6) is 0 Å². The van der Waals surface area contributed by atoms with Crippen LogP contribution in [-0.4, -0.2) is 15.9 Å². The lowest BCUT2D eigenvalue weighted by molar-refractivity contribution is 0.0468. The van der Waals surface area contributed by atoms with E-state index < -0.39 is 0 Å². The van der Waals surface area contributed by atoms with Crippen molar-refractivity contribution in [2.75, 3.05) is 0 Å². The first-order valence-corrected chi connectivity index (χ1v) is 6.21. The molecule has 86 valence electrons. The Hall–Kier alpha value is -0.350. The van der Waals surface area contributed by atoms with Crippen molar-refractivity contribution in [3.63, 3.8) is 0 Å². The smallest absolute Gasteiger partial charge is 0.0899 e. The molecular weight excluding hydrogens is 256 g/mol. The first kappa shape index (κ1) is 12.7. The van der Waals surface area contributed by atoms with E-state index in [1.54, 1.807) is 0 Å². The molecule has 0 N–H and O–H groups in total.